The van der Waals surface area contributed by atoms with Gasteiger partial charge in [-0.1, -0.05) is 26.0 Å². The number of aromatic nitrogens is 1. The van der Waals surface area contributed by atoms with E-state index in [0.29, 0.717) is 17.1 Å². The number of carbonyl (C=O) groups excluding carboxylic acids is 1. The lowest BCUT2D eigenvalue weighted by Gasteiger charge is -2.23. The van der Waals surface area contributed by atoms with E-state index in [0.717, 1.165) is 15.2 Å². The Morgan fingerprint density at radius 1 is 1.22 bits per heavy atom. The van der Waals surface area contributed by atoms with E-state index in [4.69, 9.17) is 5.73 Å². The summed E-state index contributed by atoms with van der Waals surface area (Å²) in [5, 5.41) is 0.682. The standard InChI is InChI=1S/C16H18F3N3O3S2/c1-15(2,14(23)22-27(24,25)16(17,18)19)8-7-13-21-9-12(26-13)10-3-5-11(20)6-4-10/h3-6,9H,7-8,20H2,1-2H3,(H,22,23). The Labute approximate surface area is 158 Å². The van der Waals surface area contributed by atoms with E-state index in [9.17, 15) is 26.4 Å². The molecule has 27 heavy (non-hydrogen) atoms. The average Bonchev–Trinajstić information content (AvgIpc) is 3.01. The fourth-order valence-corrected chi connectivity index (χ4v) is 3.62. The Bertz CT molecular complexity index is 920. The molecule has 1 amide bonds. The Hall–Kier alpha value is -2.14. The number of nitrogens with zero attached hydrogens (tertiary/aromatic N) is 1. The van der Waals surface area contributed by atoms with Gasteiger partial charge in [0.15, 0.2) is 0 Å². The second-order valence-electron chi connectivity index (χ2n) is 6.50. The highest BCUT2D eigenvalue weighted by Crippen LogP contribution is 2.31. The Morgan fingerprint density at radius 2 is 1.81 bits per heavy atom. The molecule has 2 aromatic rings. The predicted molar refractivity (Wildman–Crippen MR) is 97.2 cm³/mol. The van der Waals surface area contributed by atoms with Crippen molar-refractivity contribution in [1.82, 2.24) is 9.71 Å². The van der Waals surface area contributed by atoms with Gasteiger partial charge in [0.2, 0.25) is 5.91 Å². The lowest BCUT2D eigenvalue weighted by molar-refractivity contribution is -0.128. The summed E-state index contributed by atoms with van der Waals surface area (Å²) in [4.78, 5) is 17.1. The summed E-state index contributed by atoms with van der Waals surface area (Å²) in [6, 6.07) is 7.19. The summed E-state index contributed by atoms with van der Waals surface area (Å²) in [6.07, 6.45) is 2.10. The molecule has 1 aromatic carbocycles. The molecule has 1 aromatic heterocycles. The predicted octanol–water partition coefficient (Wildman–Crippen LogP) is 3.32. The molecular formula is C16H18F3N3O3S2. The van der Waals surface area contributed by atoms with Crippen molar-refractivity contribution >= 4 is 33.0 Å². The molecule has 0 unspecified atom stereocenters. The number of thiazole rings is 1. The first-order chi connectivity index (χ1) is 12.3. The number of nitrogens with two attached hydrogens (primary N) is 1. The molecule has 3 N–H and O–H groups in total. The van der Waals surface area contributed by atoms with Crippen molar-refractivity contribution in [1.29, 1.82) is 0 Å². The van der Waals surface area contributed by atoms with Crippen molar-refractivity contribution in [3.63, 3.8) is 0 Å². The molecule has 0 aliphatic heterocycles. The van der Waals surface area contributed by atoms with E-state index in [2.05, 4.69) is 4.98 Å². The molecule has 148 valence electrons. The first-order valence-electron chi connectivity index (χ1n) is 7.76. The number of hydrogen-bond donors (Lipinski definition) is 2. The van der Waals surface area contributed by atoms with Crippen molar-refractivity contribution in [2.45, 2.75) is 32.2 Å². The molecule has 0 atom stereocenters. The SMILES string of the molecule is CC(C)(CCc1ncc(-c2ccc(N)cc2)s1)C(=O)NS(=O)(=O)C(F)(F)F. The Balaban J connectivity index is 2.03. The topological polar surface area (TPSA) is 102 Å². The number of nitrogens with one attached hydrogen (secondary N) is 1. The molecule has 0 saturated heterocycles. The molecule has 0 aliphatic rings. The lowest BCUT2D eigenvalue weighted by Crippen LogP contribution is -2.46. The van der Waals surface area contributed by atoms with E-state index in [1.807, 2.05) is 12.1 Å². The number of aryl methyl sites for hydroxylation is 1. The zero-order chi connectivity index (χ0) is 20.5. The van der Waals surface area contributed by atoms with Gasteiger partial charge in [-0.05, 0) is 24.1 Å². The van der Waals surface area contributed by atoms with Gasteiger partial charge in [0.1, 0.15) is 0 Å². The van der Waals surface area contributed by atoms with Crippen LogP contribution in [0.4, 0.5) is 18.9 Å². The third-order valence-electron chi connectivity index (χ3n) is 3.86. The van der Waals surface area contributed by atoms with Crippen molar-refractivity contribution in [2.75, 3.05) is 5.73 Å². The lowest BCUT2D eigenvalue weighted by atomic mass is 9.87. The van der Waals surface area contributed by atoms with Gasteiger partial charge in [0, 0.05) is 23.7 Å². The zero-order valence-corrected chi connectivity index (χ0v) is 16.1. The smallest absolute Gasteiger partial charge is 0.399 e. The number of rotatable bonds is 6. The van der Waals surface area contributed by atoms with Gasteiger partial charge in [-0.25, -0.2) is 9.71 Å². The quantitative estimate of drug-likeness (QED) is 0.697. The first-order valence-corrected chi connectivity index (χ1v) is 10.1. The number of halogens is 3. The maximum absolute atomic E-state index is 12.4. The highest BCUT2D eigenvalue weighted by Gasteiger charge is 2.48. The summed E-state index contributed by atoms with van der Waals surface area (Å²) in [6.45, 7) is 2.76. The number of hydrogen-bond acceptors (Lipinski definition) is 6. The maximum atomic E-state index is 12.4. The van der Waals surface area contributed by atoms with Crippen molar-refractivity contribution in [3.8, 4) is 10.4 Å². The molecule has 0 saturated carbocycles. The van der Waals surface area contributed by atoms with Crippen LogP contribution < -0.4 is 10.5 Å². The number of alkyl halides is 3. The van der Waals surface area contributed by atoms with Crippen LogP contribution in [0.15, 0.2) is 30.5 Å². The van der Waals surface area contributed by atoms with Crippen molar-refractivity contribution in [2.24, 2.45) is 5.41 Å². The average molecular weight is 421 g/mol. The van der Waals surface area contributed by atoms with Crippen LogP contribution in [0.2, 0.25) is 0 Å². The molecule has 0 bridgehead atoms. The number of amides is 1. The summed E-state index contributed by atoms with van der Waals surface area (Å²) < 4.78 is 60.5. The Kier molecular flexibility index (Phi) is 5.85. The monoisotopic (exact) mass is 421 g/mol. The van der Waals surface area contributed by atoms with Gasteiger partial charge in [-0.15, -0.1) is 11.3 Å². The van der Waals surface area contributed by atoms with E-state index < -0.39 is 26.9 Å². The minimum atomic E-state index is -5.72. The molecular weight excluding hydrogens is 403 g/mol. The number of anilines is 1. The molecule has 11 heteroatoms. The van der Waals surface area contributed by atoms with Crippen LogP contribution in [0.3, 0.4) is 0 Å². The zero-order valence-electron chi connectivity index (χ0n) is 14.5. The molecule has 0 aliphatic carbocycles. The van der Waals surface area contributed by atoms with E-state index in [1.165, 1.54) is 25.2 Å². The van der Waals surface area contributed by atoms with Crippen LogP contribution in [0.5, 0.6) is 0 Å². The van der Waals surface area contributed by atoms with Gasteiger partial charge < -0.3 is 5.73 Å². The van der Waals surface area contributed by atoms with Crippen molar-refractivity contribution in [3.05, 3.63) is 35.5 Å². The van der Waals surface area contributed by atoms with Crippen LogP contribution in [-0.2, 0) is 21.2 Å². The highest BCUT2D eigenvalue weighted by atomic mass is 32.2. The largest absolute Gasteiger partial charge is 0.516 e. The van der Waals surface area contributed by atoms with Gasteiger partial charge in [-0.2, -0.15) is 21.6 Å². The fraction of sp³-hybridized carbons (Fsp3) is 0.375. The second-order valence-corrected chi connectivity index (χ2v) is 9.29. The highest BCUT2D eigenvalue weighted by molar-refractivity contribution is 7.90. The summed E-state index contributed by atoms with van der Waals surface area (Å²) in [7, 11) is -5.72. The molecule has 0 spiro atoms. The van der Waals surface area contributed by atoms with Crippen LogP contribution in [-0.4, -0.2) is 24.8 Å². The number of sulfonamides is 1. The third kappa shape index (κ3) is 5.19. The van der Waals surface area contributed by atoms with E-state index in [-0.39, 0.29) is 6.42 Å². The molecule has 1 heterocycles. The van der Waals surface area contributed by atoms with E-state index in [1.54, 1.807) is 18.3 Å². The van der Waals surface area contributed by atoms with Crippen LogP contribution in [0.25, 0.3) is 10.4 Å². The Morgan fingerprint density at radius 3 is 2.37 bits per heavy atom. The van der Waals surface area contributed by atoms with Gasteiger partial charge in [-0.3, -0.25) is 4.79 Å². The first kappa shape index (κ1) is 21.2. The summed E-state index contributed by atoms with van der Waals surface area (Å²) in [5.41, 5.74) is 0.321. The maximum Gasteiger partial charge on any atom is 0.516 e. The van der Waals surface area contributed by atoms with Crippen LogP contribution in [0, 0.1) is 5.41 Å². The van der Waals surface area contributed by atoms with E-state index >= 15 is 0 Å². The fourth-order valence-electron chi connectivity index (χ4n) is 2.06. The minimum absolute atomic E-state index is 0.126. The van der Waals surface area contributed by atoms with Gasteiger partial charge in [0.05, 0.1) is 9.88 Å². The molecule has 6 nitrogen and oxygen atoms in total. The molecule has 0 fully saturated rings. The molecule has 2 rings (SSSR count). The second kappa shape index (κ2) is 7.47. The van der Waals surface area contributed by atoms with Crippen LogP contribution in [0.1, 0.15) is 25.3 Å². The number of benzene rings is 1. The number of carbonyl (C=O) groups is 1. The normalized spacial score (nSPS) is 12.8. The number of nitrogen functional groups attached to an aromatic ring is 1. The van der Waals surface area contributed by atoms with Crippen LogP contribution >= 0.6 is 11.3 Å². The van der Waals surface area contributed by atoms with Gasteiger partial charge in [0.25, 0.3) is 0 Å². The molecule has 0 radical (unpaired) electrons. The van der Waals surface area contributed by atoms with Gasteiger partial charge >= 0.3 is 15.5 Å². The van der Waals surface area contributed by atoms with Crippen molar-refractivity contribution < 1.29 is 26.4 Å². The summed E-state index contributed by atoms with van der Waals surface area (Å²) >= 11 is 1.38. The summed E-state index contributed by atoms with van der Waals surface area (Å²) in [5.74, 6) is -1.21. The minimum Gasteiger partial charge on any atom is -0.399 e. The third-order valence-corrected chi connectivity index (χ3v) is 6.03.